The molecule has 1 atom stereocenters. The van der Waals surface area contributed by atoms with Crippen LogP contribution in [0.4, 0.5) is 0 Å². The number of fused-ring (bicyclic) bond motifs is 1. The number of aliphatic carboxylic acids is 1. The summed E-state index contributed by atoms with van der Waals surface area (Å²) in [5.41, 5.74) is 0. The number of hydrogen-bond donors (Lipinski definition) is 1. The zero-order chi connectivity index (χ0) is 11.7. The third kappa shape index (κ3) is 2.36. The van der Waals surface area contributed by atoms with E-state index in [2.05, 4.69) is 0 Å². The molecule has 2 aromatic rings. The van der Waals surface area contributed by atoms with Gasteiger partial charge in [-0.25, -0.2) is 0 Å². The Hall–Kier alpha value is -1.06. The standard InChI is InChI=1S/C12H11ClO2S/c1-7(4-12(14)15)10-5-8-2-3-9(13)6-11(8)16-10/h2-3,5-7H,4H2,1H3,(H,14,15). The summed E-state index contributed by atoms with van der Waals surface area (Å²) in [6.07, 6.45) is 0.167. The number of benzene rings is 1. The van der Waals surface area contributed by atoms with E-state index < -0.39 is 5.97 Å². The van der Waals surface area contributed by atoms with Gasteiger partial charge in [0.25, 0.3) is 0 Å². The average Bonchev–Trinajstić information content (AvgIpc) is 2.59. The molecule has 1 aromatic carbocycles. The highest BCUT2D eigenvalue weighted by atomic mass is 35.5. The predicted molar refractivity (Wildman–Crippen MR) is 67.5 cm³/mol. The van der Waals surface area contributed by atoms with Crippen LogP contribution in [0.2, 0.25) is 5.02 Å². The van der Waals surface area contributed by atoms with Gasteiger partial charge in [-0.2, -0.15) is 0 Å². The van der Waals surface area contributed by atoms with Crippen LogP contribution in [0.15, 0.2) is 24.3 Å². The van der Waals surface area contributed by atoms with E-state index in [1.165, 1.54) is 0 Å². The number of rotatable bonds is 3. The van der Waals surface area contributed by atoms with Crippen molar-refractivity contribution in [2.45, 2.75) is 19.3 Å². The smallest absolute Gasteiger partial charge is 0.303 e. The summed E-state index contributed by atoms with van der Waals surface area (Å²) in [5.74, 6) is -0.711. The van der Waals surface area contributed by atoms with Gasteiger partial charge in [-0.3, -0.25) is 4.79 Å². The zero-order valence-electron chi connectivity index (χ0n) is 8.74. The molecule has 0 aliphatic carbocycles. The van der Waals surface area contributed by atoms with E-state index in [1.807, 2.05) is 31.2 Å². The van der Waals surface area contributed by atoms with E-state index in [0.29, 0.717) is 5.02 Å². The fraction of sp³-hybridized carbons (Fsp3) is 0.250. The van der Waals surface area contributed by atoms with E-state index in [4.69, 9.17) is 16.7 Å². The summed E-state index contributed by atoms with van der Waals surface area (Å²) in [6.45, 7) is 1.93. The maximum atomic E-state index is 10.6. The van der Waals surface area contributed by atoms with Crippen LogP contribution in [0.25, 0.3) is 10.1 Å². The maximum absolute atomic E-state index is 10.6. The first-order valence-corrected chi connectivity index (χ1v) is 6.16. The molecule has 16 heavy (non-hydrogen) atoms. The van der Waals surface area contributed by atoms with Gasteiger partial charge in [0.15, 0.2) is 0 Å². The molecule has 1 aromatic heterocycles. The van der Waals surface area contributed by atoms with Crippen LogP contribution in [0.3, 0.4) is 0 Å². The highest BCUT2D eigenvalue weighted by Crippen LogP contribution is 2.33. The molecular formula is C12H11ClO2S. The van der Waals surface area contributed by atoms with Gasteiger partial charge in [-0.05, 0) is 23.6 Å². The molecular weight excluding hydrogens is 244 g/mol. The average molecular weight is 255 g/mol. The molecule has 2 nitrogen and oxygen atoms in total. The number of carbonyl (C=O) groups is 1. The molecule has 0 saturated carbocycles. The minimum Gasteiger partial charge on any atom is -0.481 e. The van der Waals surface area contributed by atoms with Crippen molar-refractivity contribution in [2.75, 3.05) is 0 Å². The molecule has 4 heteroatoms. The number of hydrogen-bond acceptors (Lipinski definition) is 2. The lowest BCUT2D eigenvalue weighted by molar-refractivity contribution is -0.137. The van der Waals surface area contributed by atoms with Crippen LogP contribution in [-0.2, 0) is 4.79 Å². The largest absolute Gasteiger partial charge is 0.481 e. The van der Waals surface area contributed by atoms with Crippen molar-refractivity contribution in [3.8, 4) is 0 Å². The second-order valence-corrected chi connectivity index (χ2v) is 5.38. The third-order valence-electron chi connectivity index (χ3n) is 2.47. The van der Waals surface area contributed by atoms with Crippen LogP contribution in [-0.4, -0.2) is 11.1 Å². The Morgan fingerprint density at radius 1 is 1.50 bits per heavy atom. The Morgan fingerprint density at radius 2 is 2.25 bits per heavy atom. The first-order valence-electron chi connectivity index (χ1n) is 4.97. The van der Waals surface area contributed by atoms with E-state index in [0.717, 1.165) is 15.0 Å². The Labute approximate surface area is 102 Å². The van der Waals surface area contributed by atoms with Crippen molar-refractivity contribution >= 4 is 39.0 Å². The minimum absolute atomic E-state index is 0.0497. The van der Waals surface area contributed by atoms with Gasteiger partial charge in [-0.1, -0.05) is 24.6 Å². The number of halogens is 1. The van der Waals surface area contributed by atoms with Crippen LogP contribution in [0.5, 0.6) is 0 Å². The van der Waals surface area contributed by atoms with Crippen molar-refractivity contribution in [3.05, 3.63) is 34.2 Å². The fourth-order valence-electron chi connectivity index (χ4n) is 1.63. The maximum Gasteiger partial charge on any atom is 0.303 e. The zero-order valence-corrected chi connectivity index (χ0v) is 10.3. The molecule has 0 spiro atoms. The third-order valence-corrected chi connectivity index (χ3v) is 4.03. The Bertz CT molecular complexity index is 533. The number of carboxylic acid groups (broad SMARTS) is 1. The normalized spacial score (nSPS) is 12.9. The molecule has 84 valence electrons. The summed E-state index contributed by atoms with van der Waals surface area (Å²) in [6, 6.07) is 7.77. The van der Waals surface area contributed by atoms with Crippen molar-refractivity contribution in [2.24, 2.45) is 0 Å². The SMILES string of the molecule is CC(CC(=O)O)c1cc2ccc(Cl)cc2s1. The van der Waals surface area contributed by atoms with Gasteiger partial charge < -0.3 is 5.11 Å². The quantitative estimate of drug-likeness (QED) is 0.894. The van der Waals surface area contributed by atoms with Gasteiger partial charge in [0, 0.05) is 20.5 Å². The minimum atomic E-state index is -0.761. The Kier molecular flexibility index (Phi) is 3.17. The Morgan fingerprint density at radius 3 is 2.94 bits per heavy atom. The van der Waals surface area contributed by atoms with Gasteiger partial charge in [-0.15, -0.1) is 11.3 Å². The lowest BCUT2D eigenvalue weighted by Crippen LogP contribution is -2.00. The summed E-state index contributed by atoms with van der Waals surface area (Å²) < 4.78 is 1.11. The molecule has 0 fully saturated rings. The second-order valence-electron chi connectivity index (χ2n) is 3.83. The highest BCUT2D eigenvalue weighted by Gasteiger charge is 2.13. The van der Waals surface area contributed by atoms with Crippen LogP contribution in [0, 0.1) is 0 Å². The molecule has 0 radical (unpaired) electrons. The topological polar surface area (TPSA) is 37.3 Å². The van der Waals surface area contributed by atoms with Gasteiger partial charge >= 0.3 is 5.97 Å². The molecule has 1 N–H and O–H groups in total. The molecule has 1 heterocycles. The molecule has 0 bridgehead atoms. The fourth-order valence-corrected chi connectivity index (χ4v) is 3.02. The van der Waals surface area contributed by atoms with Gasteiger partial charge in [0.05, 0.1) is 6.42 Å². The summed E-state index contributed by atoms with van der Waals surface area (Å²) >= 11 is 7.52. The van der Waals surface area contributed by atoms with Crippen molar-refractivity contribution in [3.63, 3.8) is 0 Å². The van der Waals surface area contributed by atoms with E-state index in [-0.39, 0.29) is 12.3 Å². The van der Waals surface area contributed by atoms with E-state index >= 15 is 0 Å². The molecule has 2 rings (SSSR count). The molecule has 0 aliphatic rings. The van der Waals surface area contributed by atoms with Crippen LogP contribution >= 0.6 is 22.9 Å². The van der Waals surface area contributed by atoms with Gasteiger partial charge in [0.1, 0.15) is 0 Å². The summed E-state index contributed by atoms with van der Waals surface area (Å²) in [5, 5.41) is 10.6. The van der Waals surface area contributed by atoms with Crippen LogP contribution < -0.4 is 0 Å². The predicted octanol–water partition coefficient (Wildman–Crippen LogP) is 4.13. The molecule has 0 saturated heterocycles. The Balaban J connectivity index is 2.35. The summed E-state index contributed by atoms with van der Waals surface area (Å²) in [7, 11) is 0. The first kappa shape index (κ1) is 11.4. The first-order chi connectivity index (χ1) is 7.56. The number of carboxylic acids is 1. The van der Waals surface area contributed by atoms with Gasteiger partial charge in [0.2, 0.25) is 0 Å². The summed E-state index contributed by atoms with van der Waals surface area (Å²) in [4.78, 5) is 11.7. The highest BCUT2D eigenvalue weighted by molar-refractivity contribution is 7.19. The number of thiophene rings is 1. The van der Waals surface area contributed by atoms with E-state index in [1.54, 1.807) is 11.3 Å². The monoisotopic (exact) mass is 254 g/mol. The molecule has 0 aliphatic heterocycles. The second kappa shape index (κ2) is 4.44. The van der Waals surface area contributed by atoms with Crippen molar-refractivity contribution in [1.82, 2.24) is 0 Å². The molecule has 0 amide bonds. The molecule has 1 unspecified atom stereocenters. The van der Waals surface area contributed by atoms with Crippen molar-refractivity contribution < 1.29 is 9.90 Å². The van der Waals surface area contributed by atoms with E-state index in [9.17, 15) is 4.79 Å². The lowest BCUT2D eigenvalue weighted by Gasteiger charge is -2.03. The van der Waals surface area contributed by atoms with Crippen molar-refractivity contribution in [1.29, 1.82) is 0 Å². The lowest BCUT2D eigenvalue weighted by atomic mass is 10.1. The van der Waals surface area contributed by atoms with Crippen LogP contribution in [0.1, 0.15) is 24.1 Å².